The van der Waals surface area contributed by atoms with Crippen LogP contribution >= 0.6 is 0 Å². The molecule has 3 aliphatic rings. The van der Waals surface area contributed by atoms with Gasteiger partial charge in [-0.3, -0.25) is 4.99 Å². The molecule has 7 heteroatoms. The molecule has 7 nitrogen and oxygen atoms in total. The lowest BCUT2D eigenvalue weighted by molar-refractivity contribution is -0.0817. The lowest BCUT2D eigenvalue weighted by Crippen LogP contribution is -2.53. The van der Waals surface area contributed by atoms with E-state index in [1.807, 2.05) is 0 Å². The van der Waals surface area contributed by atoms with E-state index in [2.05, 4.69) is 40.9 Å². The average molecular weight is 382 g/mol. The minimum absolute atomic E-state index is 0.174. The van der Waals surface area contributed by atoms with E-state index < -0.39 is 0 Å². The Morgan fingerprint density at radius 1 is 1.11 bits per heavy atom. The van der Waals surface area contributed by atoms with Crippen LogP contribution in [0.3, 0.4) is 0 Å². The van der Waals surface area contributed by atoms with E-state index in [1.165, 1.54) is 26.2 Å². The standard InChI is InChI=1S/C20H39N5O2/c1-4-21-20(22-14-17(2)15-24-9-7-23(3)8-10-24)25-11-13-27-19(16-25)18-6-5-12-26-18/h17-19H,4-16H2,1-3H3,(H,21,22). The molecule has 0 saturated carbocycles. The second-order valence-corrected chi connectivity index (χ2v) is 8.31. The summed E-state index contributed by atoms with van der Waals surface area (Å²) >= 11 is 0. The Hall–Kier alpha value is -0.890. The van der Waals surface area contributed by atoms with Crippen LogP contribution in [0.15, 0.2) is 4.99 Å². The predicted octanol–water partition coefficient (Wildman–Crippen LogP) is 0.715. The third kappa shape index (κ3) is 6.31. The normalized spacial score (nSPS) is 29.9. The molecular weight excluding hydrogens is 342 g/mol. The van der Waals surface area contributed by atoms with Gasteiger partial charge in [-0.15, -0.1) is 0 Å². The summed E-state index contributed by atoms with van der Waals surface area (Å²) in [5.74, 6) is 1.60. The molecule has 3 saturated heterocycles. The molecule has 3 heterocycles. The number of piperazine rings is 1. The number of nitrogens with one attached hydrogen (secondary N) is 1. The molecule has 1 N–H and O–H groups in total. The summed E-state index contributed by atoms with van der Waals surface area (Å²) in [4.78, 5) is 12.3. The van der Waals surface area contributed by atoms with Gasteiger partial charge < -0.3 is 29.5 Å². The minimum Gasteiger partial charge on any atom is -0.375 e. The molecule has 3 atom stereocenters. The number of hydrogen-bond acceptors (Lipinski definition) is 5. The number of likely N-dealkylation sites (N-methyl/N-ethyl adjacent to an activating group) is 1. The summed E-state index contributed by atoms with van der Waals surface area (Å²) in [6.45, 7) is 15.5. The quantitative estimate of drug-likeness (QED) is 0.540. The first kappa shape index (κ1) is 20.8. The van der Waals surface area contributed by atoms with Crippen molar-refractivity contribution in [3.63, 3.8) is 0 Å². The molecule has 0 aliphatic carbocycles. The molecule has 3 fully saturated rings. The van der Waals surface area contributed by atoms with Crippen molar-refractivity contribution in [1.82, 2.24) is 20.0 Å². The Labute approximate surface area is 165 Å². The number of rotatable bonds is 6. The fourth-order valence-corrected chi connectivity index (χ4v) is 4.19. The predicted molar refractivity (Wildman–Crippen MR) is 109 cm³/mol. The first-order valence-corrected chi connectivity index (χ1v) is 10.8. The van der Waals surface area contributed by atoms with Gasteiger partial charge in [-0.05, 0) is 32.7 Å². The average Bonchev–Trinajstić information content (AvgIpc) is 3.22. The van der Waals surface area contributed by atoms with Gasteiger partial charge in [0.1, 0.15) is 6.10 Å². The third-order valence-corrected chi connectivity index (χ3v) is 5.83. The molecule has 0 radical (unpaired) electrons. The smallest absolute Gasteiger partial charge is 0.194 e. The molecule has 3 rings (SSSR count). The van der Waals surface area contributed by atoms with E-state index in [4.69, 9.17) is 14.5 Å². The monoisotopic (exact) mass is 381 g/mol. The van der Waals surface area contributed by atoms with Crippen molar-refractivity contribution in [1.29, 1.82) is 0 Å². The maximum absolute atomic E-state index is 6.00. The topological polar surface area (TPSA) is 52.6 Å². The number of morpholine rings is 1. The van der Waals surface area contributed by atoms with Crippen LogP contribution in [0.1, 0.15) is 26.7 Å². The van der Waals surface area contributed by atoms with Crippen LogP contribution in [0, 0.1) is 5.92 Å². The van der Waals surface area contributed by atoms with Crippen molar-refractivity contribution in [2.45, 2.75) is 38.9 Å². The molecule has 3 unspecified atom stereocenters. The van der Waals surface area contributed by atoms with Crippen molar-refractivity contribution in [2.24, 2.45) is 10.9 Å². The number of hydrogen-bond donors (Lipinski definition) is 1. The molecule has 0 amide bonds. The second kappa shape index (κ2) is 10.6. The van der Waals surface area contributed by atoms with Gasteiger partial charge in [-0.2, -0.15) is 0 Å². The summed E-state index contributed by atoms with van der Waals surface area (Å²) in [5.41, 5.74) is 0. The highest BCUT2D eigenvalue weighted by atomic mass is 16.5. The summed E-state index contributed by atoms with van der Waals surface area (Å²) in [7, 11) is 2.21. The van der Waals surface area contributed by atoms with Crippen LogP contribution in [0.5, 0.6) is 0 Å². The van der Waals surface area contributed by atoms with Crippen molar-refractivity contribution in [2.75, 3.05) is 79.2 Å². The zero-order valence-electron chi connectivity index (χ0n) is 17.5. The SMILES string of the molecule is CCNC(=NCC(C)CN1CCN(C)CC1)N1CCOC(C2CCCO2)C1. The van der Waals surface area contributed by atoms with Gasteiger partial charge in [-0.1, -0.05) is 6.92 Å². The lowest BCUT2D eigenvalue weighted by Gasteiger charge is -2.37. The Morgan fingerprint density at radius 3 is 2.59 bits per heavy atom. The van der Waals surface area contributed by atoms with Gasteiger partial charge in [0.15, 0.2) is 5.96 Å². The fraction of sp³-hybridized carbons (Fsp3) is 0.950. The lowest BCUT2D eigenvalue weighted by atomic mass is 10.1. The van der Waals surface area contributed by atoms with Gasteiger partial charge in [-0.25, -0.2) is 0 Å². The van der Waals surface area contributed by atoms with Gasteiger partial charge in [0.05, 0.1) is 12.7 Å². The van der Waals surface area contributed by atoms with Crippen LogP contribution in [-0.4, -0.2) is 112 Å². The van der Waals surface area contributed by atoms with Crippen molar-refractivity contribution >= 4 is 5.96 Å². The molecule has 0 aromatic heterocycles. The van der Waals surface area contributed by atoms with Gasteiger partial charge in [0.25, 0.3) is 0 Å². The van der Waals surface area contributed by atoms with E-state index in [9.17, 15) is 0 Å². The zero-order chi connectivity index (χ0) is 19.1. The Bertz CT molecular complexity index is 461. The molecule has 0 aromatic carbocycles. The van der Waals surface area contributed by atoms with Gasteiger partial charge >= 0.3 is 0 Å². The van der Waals surface area contributed by atoms with Crippen LogP contribution in [0.4, 0.5) is 0 Å². The summed E-state index contributed by atoms with van der Waals surface area (Å²) in [6, 6.07) is 0. The van der Waals surface area contributed by atoms with E-state index in [0.29, 0.717) is 5.92 Å². The van der Waals surface area contributed by atoms with Crippen LogP contribution in [-0.2, 0) is 9.47 Å². The van der Waals surface area contributed by atoms with Crippen LogP contribution < -0.4 is 5.32 Å². The van der Waals surface area contributed by atoms with E-state index in [-0.39, 0.29) is 12.2 Å². The minimum atomic E-state index is 0.174. The highest BCUT2D eigenvalue weighted by molar-refractivity contribution is 5.80. The molecule has 27 heavy (non-hydrogen) atoms. The first-order chi connectivity index (χ1) is 13.2. The van der Waals surface area contributed by atoms with Crippen molar-refractivity contribution in [3.05, 3.63) is 0 Å². The largest absolute Gasteiger partial charge is 0.375 e. The molecule has 0 bridgehead atoms. The van der Waals surface area contributed by atoms with E-state index in [0.717, 1.165) is 64.7 Å². The van der Waals surface area contributed by atoms with Crippen LogP contribution in [0.25, 0.3) is 0 Å². The first-order valence-electron chi connectivity index (χ1n) is 10.8. The molecule has 0 aromatic rings. The fourth-order valence-electron chi connectivity index (χ4n) is 4.19. The Balaban J connectivity index is 1.50. The molecule has 3 aliphatic heterocycles. The number of nitrogens with zero attached hydrogens (tertiary/aromatic N) is 4. The summed E-state index contributed by atoms with van der Waals surface area (Å²) in [6.07, 6.45) is 2.70. The second-order valence-electron chi connectivity index (χ2n) is 8.31. The number of ether oxygens (including phenoxy) is 2. The van der Waals surface area contributed by atoms with E-state index >= 15 is 0 Å². The summed E-state index contributed by atoms with van der Waals surface area (Å²) in [5, 5.41) is 3.49. The van der Waals surface area contributed by atoms with Gasteiger partial charge in [0.2, 0.25) is 0 Å². The van der Waals surface area contributed by atoms with Gasteiger partial charge in [0, 0.05) is 65.5 Å². The maximum Gasteiger partial charge on any atom is 0.194 e. The highest BCUT2D eigenvalue weighted by Crippen LogP contribution is 2.21. The summed E-state index contributed by atoms with van der Waals surface area (Å²) < 4.78 is 11.8. The Morgan fingerprint density at radius 2 is 1.89 bits per heavy atom. The van der Waals surface area contributed by atoms with Crippen molar-refractivity contribution in [3.8, 4) is 0 Å². The molecule has 0 spiro atoms. The van der Waals surface area contributed by atoms with Crippen LogP contribution in [0.2, 0.25) is 0 Å². The maximum atomic E-state index is 6.00. The zero-order valence-corrected chi connectivity index (χ0v) is 17.5. The number of guanidine groups is 1. The molecule has 156 valence electrons. The highest BCUT2D eigenvalue weighted by Gasteiger charge is 2.32. The van der Waals surface area contributed by atoms with Crippen molar-refractivity contribution < 1.29 is 9.47 Å². The Kier molecular flexibility index (Phi) is 8.18. The third-order valence-electron chi connectivity index (χ3n) is 5.83. The number of aliphatic imine (C=N–C) groups is 1. The molecular formula is C20H39N5O2. The van der Waals surface area contributed by atoms with E-state index in [1.54, 1.807) is 0 Å².